The molecule has 1 aromatic rings. The number of alkyl halides is 6. The van der Waals surface area contributed by atoms with Crippen LogP contribution in [0.1, 0.15) is 12.0 Å². The van der Waals surface area contributed by atoms with Crippen molar-refractivity contribution >= 4 is 5.96 Å². The van der Waals surface area contributed by atoms with Crippen molar-refractivity contribution in [3.05, 3.63) is 29.8 Å². The van der Waals surface area contributed by atoms with Crippen LogP contribution in [-0.4, -0.2) is 32.1 Å². The predicted octanol–water partition coefficient (Wildman–Crippen LogP) is 3.20. The van der Waals surface area contributed by atoms with Crippen molar-refractivity contribution in [2.75, 3.05) is 13.6 Å². The van der Waals surface area contributed by atoms with Crippen LogP contribution in [0.2, 0.25) is 0 Å². The standard InChI is InChI=1S/C13H15F6N3O/c1-20-11(21-7-6-12(14,15)16)22-8-9-4-2-3-5-10(9)23-13(17,18)19/h2-5H,6-8H2,1H3,(H2,20,21,22). The molecule has 1 rings (SSSR count). The third kappa shape index (κ3) is 8.17. The average molecular weight is 343 g/mol. The monoisotopic (exact) mass is 343 g/mol. The van der Waals surface area contributed by atoms with Crippen LogP contribution < -0.4 is 15.4 Å². The van der Waals surface area contributed by atoms with Crippen LogP contribution in [0, 0.1) is 0 Å². The maximum absolute atomic E-state index is 12.3. The number of rotatable bonds is 5. The lowest BCUT2D eigenvalue weighted by Crippen LogP contribution is -2.38. The van der Waals surface area contributed by atoms with Crippen molar-refractivity contribution in [3.8, 4) is 5.75 Å². The third-order valence-corrected chi connectivity index (χ3v) is 2.57. The molecule has 0 fully saturated rings. The molecule has 0 spiro atoms. The third-order valence-electron chi connectivity index (χ3n) is 2.57. The topological polar surface area (TPSA) is 45.7 Å². The molecule has 2 N–H and O–H groups in total. The molecule has 10 heteroatoms. The summed E-state index contributed by atoms with van der Waals surface area (Å²) in [6.45, 7) is -0.498. The van der Waals surface area contributed by atoms with Gasteiger partial charge in [0.1, 0.15) is 5.75 Å². The number of ether oxygens (including phenoxy) is 1. The van der Waals surface area contributed by atoms with Crippen molar-refractivity contribution in [2.45, 2.75) is 25.5 Å². The zero-order valence-electron chi connectivity index (χ0n) is 12.1. The van der Waals surface area contributed by atoms with E-state index >= 15 is 0 Å². The van der Waals surface area contributed by atoms with Crippen LogP contribution >= 0.6 is 0 Å². The lowest BCUT2D eigenvalue weighted by atomic mass is 10.2. The molecule has 0 saturated heterocycles. The van der Waals surface area contributed by atoms with Crippen molar-refractivity contribution in [3.63, 3.8) is 0 Å². The van der Waals surface area contributed by atoms with E-state index in [9.17, 15) is 26.3 Å². The van der Waals surface area contributed by atoms with Gasteiger partial charge >= 0.3 is 12.5 Å². The van der Waals surface area contributed by atoms with Crippen LogP contribution in [-0.2, 0) is 6.54 Å². The van der Waals surface area contributed by atoms with E-state index in [0.717, 1.165) is 6.07 Å². The fourth-order valence-corrected chi connectivity index (χ4v) is 1.60. The molecular weight excluding hydrogens is 328 g/mol. The summed E-state index contributed by atoms with van der Waals surface area (Å²) < 4.78 is 76.9. The van der Waals surface area contributed by atoms with Gasteiger partial charge in [0.15, 0.2) is 5.96 Å². The van der Waals surface area contributed by atoms with Gasteiger partial charge in [-0.3, -0.25) is 4.99 Å². The Morgan fingerprint density at radius 1 is 1.09 bits per heavy atom. The minimum atomic E-state index is -4.83. The summed E-state index contributed by atoms with van der Waals surface area (Å²) in [5, 5.41) is 5.04. The molecule has 0 aliphatic heterocycles. The van der Waals surface area contributed by atoms with Gasteiger partial charge in [0.2, 0.25) is 0 Å². The first-order chi connectivity index (χ1) is 10.6. The van der Waals surface area contributed by atoms with Gasteiger partial charge in [0.25, 0.3) is 0 Å². The molecule has 0 saturated carbocycles. The molecule has 0 unspecified atom stereocenters. The number of nitrogens with zero attached hydrogens (tertiary/aromatic N) is 1. The van der Waals surface area contributed by atoms with E-state index < -0.39 is 31.3 Å². The first kappa shape index (κ1) is 18.9. The second kappa shape index (κ2) is 7.93. The SMILES string of the molecule is CN=C(NCCC(F)(F)F)NCc1ccccc1OC(F)(F)F. The molecule has 0 atom stereocenters. The van der Waals surface area contributed by atoms with Gasteiger partial charge in [-0.1, -0.05) is 18.2 Å². The minimum absolute atomic E-state index is 0.0380. The van der Waals surface area contributed by atoms with E-state index in [1.54, 1.807) is 0 Å². The maximum Gasteiger partial charge on any atom is 0.573 e. The Hall–Kier alpha value is -2.13. The Labute approximate surface area is 128 Å². The van der Waals surface area contributed by atoms with Crippen LogP contribution in [0.5, 0.6) is 5.75 Å². The molecule has 0 amide bonds. The summed E-state index contributed by atoms with van der Waals surface area (Å²) in [6, 6.07) is 5.43. The van der Waals surface area contributed by atoms with Gasteiger partial charge in [-0.15, -0.1) is 13.2 Å². The van der Waals surface area contributed by atoms with Crippen LogP contribution in [0.4, 0.5) is 26.3 Å². The van der Waals surface area contributed by atoms with Gasteiger partial charge < -0.3 is 15.4 Å². The van der Waals surface area contributed by atoms with E-state index in [1.165, 1.54) is 25.2 Å². The van der Waals surface area contributed by atoms with Gasteiger partial charge in [-0.05, 0) is 6.07 Å². The number of para-hydroxylation sites is 1. The lowest BCUT2D eigenvalue weighted by Gasteiger charge is -2.16. The highest BCUT2D eigenvalue weighted by Crippen LogP contribution is 2.26. The second-order valence-electron chi connectivity index (χ2n) is 4.37. The molecule has 0 bridgehead atoms. The van der Waals surface area contributed by atoms with Gasteiger partial charge in [0, 0.05) is 25.7 Å². The van der Waals surface area contributed by atoms with Crippen LogP contribution in [0.3, 0.4) is 0 Å². The Kier molecular flexibility index (Phi) is 6.52. The maximum atomic E-state index is 12.3. The number of benzene rings is 1. The smallest absolute Gasteiger partial charge is 0.405 e. The lowest BCUT2D eigenvalue weighted by molar-refractivity contribution is -0.274. The van der Waals surface area contributed by atoms with E-state index in [1.807, 2.05) is 0 Å². The summed E-state index contributed by atoms with van der Waals surface area (Å²) in [4.78, 5) is 3.69. The highest BCUT2D eigenvalue weighted by atomic mass is 19.4. The molecule has 0 aliphatic carbocycles. The summed E-state index contributed by atoms with van der Waals surface area (Å²) in [5.41, 5.74) is 0.184. The molecule has 130 valence electrons. The molecule has 0 aliphatic rings. The Morgan fingerprint density at radius 3 is 2.30 bits per heavy atom. The first-order valence-corrected chi connectivity index (χ1v) is 6.45. The molecular formula is C13H15F6N3O. The molecule has 1 aromatic carbocycles. The second-order valence-corrected chi connectivity index (χ2v) is 4.37. The molecule has 0 radical (unpaired) electrons. The Bertz CT molecular complexity index is 527. The Balaban J connectivity index is 2.59. The molecule has 0 aromatic heterocycles. The zero-order valence-corrected chi connectivity index (χ0v) is 12.1. The van der Waals surface area contributed by atoms with Crippen molar-refractivity contribution in [2.24, 2.45) is 4.99 Å². The van der Waals surface area contributed by atoms with Gasteiger partial charge in [-0.2, -0.15) is 13.2 Å². The van der Waals surface area contributed by atoms with Gasteiger partial charge in [0.05, 0.1) is 6.42 Å². The normalized spacial score (nSPS) is 12.9. The van der Waals surface area contributed by atoms with Gasteiger partial charge in [-0.25, -0.2) is 0 Å². The van der Waals surface area contributed by atoms with E-state index in [0.29, 0.717) is 0 Å². The number of hydrogen-bond donors (Lipinski definition) is 2. The molecule has 0 heterocycles. The van der Waals surface area contributed by atoms with E-state index in [2.05, 4.69) is 20.4 Å². The number of hydrogen-bond acceptors (Lipinski definition) is 2. The number of guanidine groups is 1. The first-order valence-electron chi connectivity index (χ1n) is 6.45. The number of aliphatic imine (C=N–C) groups is 1. The highest BCUT2D eigenvalue weighted by Gasteiger charge is 2.32. The van der Waals surface area contributed by atoms with E-state index in [4.69, 9.17) is 0 Å². The molecule has 23 heavy (non-hydrogen) atoms. The quantitative estimate of drug-likeness (QED) is 0.490. The van der Waals surface area contributed by atoms with Crippen molar-refractivity contribution < 1.29 is 31.1 Å². The van der Waals surface area contributed by atoms with Crippen molar-refractivity contribution in [1.29, 1.82) is 0 Å². The zero-order chi connectivity index (χ0) is 17.5. The number of nitrogens with one attached hydrogen (secondary N) is 2. The Morgan fingerprint density at radius 2 is 1.74 bits per heavy atom. The van der Waals surface area contributed by atoms with E-state index in [-0.39, 0.29) is 18.1 Å². The summed E-state index contributed by atoms with van der Waals surface area (Å²) in [6.07, 6.45) is -10.2. The summed E-state index contributed by atoms with van der Waals surface area (Å²) in [7, 11) is 1.33. The predicted molar refractivity (Wildman–Crippen MR) is 72.0 cm³/mol. The largest absolute Gasteiger partial charge is 0.573 e. The highest BCUT2D eigenvalue weighted by molar-refractivity contribution is 5.79. The number of halogens is 6. The minimum Gasteiger partial charge on any atom is -0.405 e. The van der Waals surface area contributed by atoms with Crippen LogP contribution in [0.25, 0.3) is 0 Å². The molecule has 4 nitrogen and oxygen atoms in total. The van der Waals surface area contributed by atoms with Crippen LogP contribution in [0.15, 0.2) is 29.3 Å². The fraction of sp³-hybridized carbons (Fsp3) is 0.462. The summed E-state index contributed by atoms with van der Waals surface area (Å²) in [5.74, 6) is -0.352. The average Bonchev–Trinajstić information content (AvgIpc) is 2.41. The van der Waals surface area contributed by atoms with Crippen molar-refractivity contribution in [1.82, 2.24) is 10.6 Å². The summed E-state index contributed by atoms with van der Waals surface area (Å²) >= 11 is 0. The fourth-order valence-electron chi connectivity index (χ4n) is 1.60.